The molecule has 0 fully saturated rings. The van der Waals surface area contributed by atoms with Gasteiger partial charge in [0.05, 0.1) is 13.6 Å². The number of fused-ring (bicyclic) bond motifs is 4. The summed E-state index contributed by atoms with van der Waals surface area (Å²) in [5.74, 6) is 0.366. The minimum absolute atomic E-state index is 0.230. The SMILES string of the molecule is Cc1cc2c([Si](C)(C)C)cc(-c3c(C)c(C)cc4c3oc3c(C)c(F)ccc34)[n+](C)c2cc1CC(C)C. The van der Waals surface area contributed by atoms with E-state index >= 15 is 0 Å². The van der Waals surface area contributed by atoms with Gasteiger partial charge in [0, 0.05) is 33.9 Å². The largest absolute Gasteiger partial charge is 0.455 e. The van der Waals surface area contributed by atoms with Crippen molar-refractivity contribution >= 4 is 46.1 Å². The number of hydrogen-bond donors (Lipinski definition) is 0. The molecule has 0 radical (unpaired) electrons. The Hall–Kier alpha value is -2.98. The first-order chi connectivity index (χ1) is 17.3. The van der Waals surface area contributed by atoms with Crippen molar-refractivity contribution in [2.45, 2.75) is 67.6 Å². The van der Waals surface area contributed by atoms with Crippen LogP contribution in [0.15, 0.2) is 40.8 Å². The molecule has 37 heavy (non-hydrogen) atoms. The van der Waals surface area contributed by atoms with Gasteiger partial charge < -0.3 is 4.42 Å². The smallest absolute Gasteiger partial charge is 0.216 e. The lowest BCUT2D eigenvalue weighted by atomic mass is 9.94. The molecule has 2 nitrogen and oxygen atoms in total. The Morgan fingerprint density at radius 3 is 2.16 bits per heavy atom. The molecule has 0 unspecified atom stereocenters. The van der Waals surface area contributed by atoms with Crippen LogP contribution in [0.3, 0.4) is 0 Å². The number of halogens is 1. The van der Waals surface area contributed by atoms with Crippen molar-refractivity contribution in [1.82, 2.24) is 0 Å². The van der Waals surface area contributed by atoms with Crippen molar-refractivity contribution in [3.8, 4) is 11.3 Å². The van der Waals surface area contributed by atoms with Gasteiger partial charge in [-0.3, -0.25) is 0 Å². The second-order valence-corrected chi connectivity index (χ2v) is 17.4. The summed E-state index contributed by atoms with van der Waals surface area (Å²) in [6.07, 6.45) is 1.07. The molecule has 4 heteroatoms. The van der Waals surface area contributed by atoms with Crippen LogP contribution in [-0.2, 0) is 13.5 Å². The van der Waals surface area contributed by atoms with E-state index in [9.17, 15) is 4.39 Å². The van der Waals surface area contributed by atoms with Crippen LogP contribution in [0.5, 0.6) is 0 Å². The van der Waals surface area contributed by atoms with E-state index in [0.29, 0.717) is 17.1 Å². The molecule has 0 N–H and O–H groups in total. The Balaban J connectivity index is 1.95. The number of furan rings is 1. The van der Waals surface area contributed by atoms with Crippen LogP contribution in [-0.4, -0.2) is 8.07 Å². The number of aryl methyl sites for hydroxylation is 4. The van der Waals surface area contributed by atoms with E-state index in [-0.39, 0.29) is 5.82 Å². The Labute approximate surface area is 221 Å². The average molecular weight is 513 g/mol. The van der Waals surface area contributed by atoms with E-state index in [1.54, 1.807) is 13.0 Å². The number of nitrogens with zero attached hydrogens (tertiary/aromatic N) is 1. The molecule has 0 amide bonds. The minimum Gasteiger partial charge on any atom is -0.455 e. The summed E-state index contributed by atoms with van der Waals surface area (Å²) in [6.45, 7) is 20.2. The molecule has 0 aliphatic heterocycles. The van der Waals surface area contributed by atoms with Crippen molar-refractivity contribution in [3.63, 3.8) is 0 Å². The van der Waals surface area contributed by atoms with E-state index in [4.69, 9.17) is 4.42 Å². The molecule has 0 saturated carbocycles. The third kappa shape index (κ3) is 4.10. The highest BCUT2D eigenvalue weighted by molar-refractivity contribution is 6.90. The molecular weight excluding hydrogens is 473 g/mol. The summed E-state index contributed by atoms with van der Waals surface area (Å²) in [5.41, 5.74) is 10.8. The first-order valence-electron chi connectivity index (χ1n) is 13.4. The molecule has 0 bridgehead atoms. The zero-order chi connectivity index (χ0) is 27.0. The van der Waals surface area contributed by atoms with Gasteiger partial charge in [-0.2, -0.15) is 4.57 Å². The average Bonchev–Trinajstić information content (AvgIpc) is 3.16. The van der Waals surface area contributed by atoms with Gasteiger partial charge in [-0.25, -0.2) is 4.39 Å². The zero-order valence-electron chi connectivity index (χ0n) is 24.0. The molecule has 5 rings (SSSR count). The van der Waals surface area contributed by atoms with Crippen LogP contribution in [0.25, 0.3) is 44.1 Å². The first-order valence-corrected chi connectivity index (χ1v) is 16.9. The van der Waals surface area contributed by atoms with Gasteiger partial charge in [0.15, 0.2) is 0 Å². The van der Waals surface area contributed by atoms with E-state index in [1.165, 1.54) is 38.3 Å². The Morgan fingerprint density at radius 2 is 1.51 bits per heavy atom. The molecular formula is C33H39FNOSi+. The predicted molar refractivity (Wildman–Crippen MR) is 158 cm³/mol. The summed E-state index contributed by atoms with van der Waals surface area (Å²) in [6, 6.07) is 12.9. The van der Waals surface area contributed by atoms with Crippen LogP contribution in [0.1, 0.15) is 41.7 Å². The first kappa shape index (κ1) is 25.7. The van der Waals surface area contributed by atoms with Gasteiger partial charge in [0.25, 0.3) is 0 Å². The maximum absolute atomic E-state index is 14.5. The topological polar surface area (TPSA) is 17.0 Å². The number of pyridine rings is 1. The highest BCUT2D eigenvalue weighted by atomic mass is 28.3. The Kier molecular flexibility index (Phi) is 6.10. The molecule has 2 aromatic heterocycles. The highest BCUT2D eigenvalue weighted by Crippen LogP contribution is 2.40. The summed E-state index contributed by atoms with van der Waals surface area (Å²) in [5, 5.41) is 4.85. The van der Waals surface area contributed by atoms with Gasteiger partial charge >= 0.3 is 0 Å². The van der Waals surface area contributed by atoms with Crippen molar-refractivity contribution < 1.29 is 13.4 Å². The van der Waals surface area contributed by atoms with Gasteiger partial charge in [0.2, 0.25) is 11.2 Å². The van der Waals surface area contributed by atoms with Crippen LogP contribution in [0, 0.1) is 39.4 Å². The van der Waals surface area contributed by atoms with Crippen molar-refractivity contribution in [2.24, 2.45) is 13.0 Å². The summed E-state index contributed by atoms with van der Waals surface area (Å²) in [7, 11) is 0.484. The van der Waals surface area contributed by atoms with E-state index < -0.39 is 8.07 Å². The summed E-state index contributed by atoms with van der Waals surface area (Å²) in [4.78, 5) is 0. The maximum atomic E-state index is 14.5. The van der Waals surface area contributed by atoms with Crippen molar-refractivity contribution in [2.75, 3.05) is 0 Å². The lowest BCUT2D eigenvalue weighted by Crippen LogP contribution is -2.43. The Morgan fingerprint density at radius 1 is 0.838 bits per heavy atom. The quantitative estimate of drug-likeness (QED) is 0.175. The third-order valence-corrected chi connectivity index (χ3v) is 10.1. The van der Waals surface area contributed by atoms with Crippen molar-refractivity contribution in [1.29, 1.82) is 0 Å². The highest BCUT2D eigenvalue weighted by Gasteiger charge is 2.30. The van der Waals surface area contributed by atoms with E-state index in [1.807, 2.05) is 6.07 Å². The van der Waals surface area contributed by atoms with E-state index in [2.05, 4.69) is 90.1 Å². The van der Waals surface area contributed by atoms with E-state index in [0.717, 1.165) is 34.0 Å². The standard InChI is InChI=1S/C33H39FNOSi/c1-18(2)13-23-16-28-26(15-20(23)4)30(37(8,9)10)17-29(35(28)7)31-21(5)19(3)14-25-24-11-12-27(34)22(6)32(24)36-33(25)31/h11-12,14-18H,13H2,1-10H3/q+1. The number of benzene rings is 3. The normalized spacial score (nSPS) is 12.5. The molecule has 5 aromatic rings. The molecule has 2 heterocycles. The molecule has 0 saturated heterocycles. The lowest BCUT2D eigenvalue weighted by Gasteiger charge is -2.21. The van der Waals surface area contributed by atoms with Crippen LogP contribution in [0.4, 0.5) is 4.39 Å². The Bertz CT molecular complexity index is 1720. The lowest BCUT2D eigenvalue weighted by molar-refractivity contribution is -0.633. The zero-order valence-corrected chi connectivity index (χ0v) is 25.0. The second kappa shape index (κ2) is 8.80. The van der Waals surface area contributed by atoms with Gasteiger partial charge in [-0.05, 0) is 91.7 Å². The fourth-order valence-corrected chi connectivity index (χ4v) is 7.39. The molecule has 0 aliphatic carbocycles. The third-order valence-electron chi connectivity index (χ3n) is 8.07. The fraction of sp³-hybridized carbons (Fsp3) is 0.364. The van der Waals surface area contributed by atoms with Gasteiger partial charge in [-0.15, -0.1) is 0 Å². The van der Waals surface area contributed by atoms with Gasteiger partial charge in [0.1, 0.15) is 24.0 Å². The predicted octanol–water partition coefficient (Wildman–Crippen LogP) is 8.35. The molecule has 0 spiro atoms. The number of hydrogen-bond acceptors (Lipinski definition) is 1. The molecule has 3 aromatic carbocycles. The number of aromatic nitrogens is 1. The van der Waals surface area contributed by atoms with Crippen LogP contribution >= 0.6 is 0 Å². The molecule has 0 atom stereocenters. The van der Waals surface area contributed by atoms with Crippen molar-refractivity contribution in [3.05, 3.63) is 70.0 Å². The van der Waals surface area contributed by atoms with Crippen LogP contribution < -0.4 is 9.75 Å². The minimum atomic E-state index is -1.70. The maximum Gasteiger partial charge on any atom is 0.216 e. The summed E-state index contributed by atoms with van der Waals surface area (Å²) >= 11 is 0. The second-order valence-electron chi connectivity index (χ2n) is 12.4. The fourth-order valence-electron chi connectivity index (χ4n) is 5.81. The number of rotatable bonds is 4. The molecule has 0 aliphatic rings. The monoisotopic (exact) mass is 512 g/mol. The van der Waals surface area contributed by atoms with Gasteiger partial charge in [-0.1, -0.05) is 33.5 Å². The molecule has 192 valence electrons. The van der Waals surface area contributed by atoms with Crippen LogP contribution in [0.2, 0.25) is 19.6 Å². The summed E-state index contributed by atoms with van der Waals surface area (Å²) < 4.78 is 23.4.